The van der Waals surface area contributed by atoms with Gasteiger partial charge in [0.2, 0.25) is 0 Å². The zero-order valence-corrected chi connectivity index (χ0v) is 9.14. The van der Waals surface area contributed by atoms with E-state index in [1.165, 1.54) is 0 Å². The Labute approximate surface area is 81.5 Å². The minimum absolute atomic E-state index is 0.132. The van der Waals surface area contributed by atoms with Gasteiger partial charge in [0.1, 0.15) is 0 Å². The summed E-state index contributed by atoms with van der Waals surface area (Å²) in [6.07, 6.45) is 4.11. The lowest BCUT2D eigenvalue weighted by Crippen LogP contribution is -2.50. The largest absolute Gasteiger partial charge is 0.389 e. The molecular formula is C11H23NO. The van der Waals surface area contributed by atoms with Gasteiger partial charge >= 0.3 is 0 Å². The molecule has 13 heavy (non-hydrogen) atoms. The van der Waals surface area contributed by atoms with Crippen LogP contribution in [-0.2, 0) is 0 Å². The minimum atomic E-state index is -0.520. The lowest BCUT2D eigenvalue weighted by molar-refractivity contribution is -0.0956. The molecule has 0 aromatic carbocycles. The molecule has 1 aliphatic carbocycles. The van der Waals surface area contributed by atoms with Gasteiger partial charge in [-0.25, -0.2) is 0 Å². The first-order valence-corrected chi connectivity index (χ1v) is 5.34. The van der Waals surface area contributed by atoms with Crippen LogP contribution in [0, 0.1) is 11.3 Å². The van der Waals surface area contributed by atoms with Gasteiger partial charge in [0.15, 0.2) is 0 Å². The van der Waals surface area contributed by atoms with Gasteiger partial charge in [-0.15, -0.1) is 0 Å². The predicted octanol–water partition coefficient (Wildman–Crippen LogP) is 1.91. The van der Waals surface area contributed by atoms with Crippen molar-refractivity contribution in [3.63, 3.8) is 0 Å². The molecule has 2 heteroatoms. The molecule has 0 aliphatic heterocycles. The van der Waals surface area contributed by atoms with Gasteiger partial charge in [-0.2, -0.15) is 0 Å². The Bertz CT molecular complexity index is 169. The molecule has 3 N–H and O–H groups in total. The molecule has 0 amide bonds. The van der Waals surface area contributed by atoms with Crippen LogP contribution < -0.4 is 5.73 Å². The van der Waals surface area contributed by atoms with E-state index in [9.17, 15) is 5.11 Å². The number of rotatable bonds is 2. The molecule has 1 fully saturated rings. The molecule has 0 bridgehead atoms. The van der Waals surface area contributed by atoms with E-state index in [1.807, 2.05) is 0 Å². The summed E-state index contributed by atoms with van der Waals surface area (Å²) in [5, 5.41) is 10.4. The van der Waals surface area contributed by atoms with Gasteiger partial charge in [-0.1, -0.05) is 20.8 Å². The Morgan fingerprint density at radius 2 is 1.85 bits per heavy atom. The molecule has 0 radical (unpaired) electrons. The summed E-state index contributed by atoms with van der Waals surface area (Å²) in [4.78, 5) is 0. The van der Waals surface area contributed by atoms with Crippen molar-refractivity contribution in [2.45, 2.75) is 52.1 Å². The maximum absolute atomic E-state index is 10.4. The summed E-state index contributed by atoms with van der Waals surface area (Å²) in [6.45, 7) is 6.97. The van der Waals surface area contributed by atoms with Crippen LogP contribution in [0.15, 0.2) is 0 Å². The van der Waals surface area contributed by atoms with Crippen molar-refractivity contribution in [1.82, 2.24) is 0 Å². The molecule has 78 valence electrons. The van der Waals surface area contributed by atoms with Gasteiger partial charge in [-0.05, 0) is 31.6 Å². The SMILES string of the molecule is CC1CCC(O)(C(C)(C)CN)CC1. The summed E-state index contributed by atoms with van der Waals surface area (Å²) in [6, 6.07) is 0. The van der Waals surface area contributed by atoms with Crippen molar-refractivity contribution in [2.24, 2.45) is 17.1 Å². The monoisotopic (exact) mass is 185 g/mol. The van der Waals surface area contributed by atoms with Crippen LogP contribution in [0.2, 0.25) is 0 Å². The van der Waals surface area contributed by atoms with Crippen LogP contribution >= 0.6 is 0 Å². The maximum atomic E-state index is 10.4. The fourth-order valence-corrected chi connectivity index (χ4v) is 2.11. The highest BCUT2D eigenvalue weighted by Crippen LogP contribution is 2.42. The topological polar surface area (TPSA) is 46.2 Å². The normalized spacial score (nSPS) is 36.2. The average molecular weight is 185 g/mol. The fraction of sp³-hybridized carbons (Fsp3) is 1.00. The van der Waals surface area contributed by atoms with Crippen molar-refractivity contribution >= 4 is 0 Å². The Morgan fingerprint density at radius 1 is 1.38 bits per heavy atom. The van der Waals surface area contributed by atoms with Crippen LogP contribution in [0.3, 0.4) is 0 Å². The second kappa shape index (κ2) is 3.58. The molecule has 1 rings (SSSR count). The first-order chi connectivity index (χ1) is 5.91. The highest BCUT2D eigenvalue weighted by Gasteiger charge is 2.43. The summed E-state index contributed by atoms with van der Waals surface area (Å²) >= 11 is 0. The van der Waals surface area contributed by atoms with Crippen LogP contribution in [0.25, 0.3) is 0 Å². The second-order valence-electron chi connectivity index (χ2n) is 5.30. The Hall–Kier alpha value is -0.0800. The molecule has 0 unspecified atom stereocenters. The minimum Gasteiger partial charge on any atom is -0.389 e. The van der Waals surface area contributed by atoms with Gasteiger partial charge in [0.05, 0.1) is 5.60 Å². The van der Waals surface area contributed by atoms with Gasteiger partial charge in [0.25, 0.3) is 0 Å². The molecular weight excluding hydrogens is 162 g/mol. The fourth-order valence-electron chi connectivity index (χ4n) is 2.11. The standard InChI is InChI=1S/C11H23NO/c1-9-4-6-11(13,7-5-9)10(2,3)8-12/h9,13H,4-8,12H2,1-3H3. The lowest BCUT2D eigenvalue weighted by Gasteiger charge is -2.46. The van der Waals surface area contributed by atoms with Crippen LogP contribution in [0.5, 0.6) is 0 Å². The summed E-state index contributed by atoms with van der Waals surface area (Å²) in [7, 11) is 0. The van der Waals surface area contributed by atoms with Gasteiger partial charge in [0, 0.05) is 12.0 Å². The van der Waals surface area contributed by atoms with E-state index < -0.39 is 5.60 Å². The lowest BCUT2D eigenvalue weighted by atomic mass is 9.65. The van der Waals surface area contributed by atoms with E-state index in [1.54, 1.807) is 0 Å². The Morgan fingerprint density at radius 3 is 2.23 bits per heavy atom. The summed E-state index contributed by atoms with van der Waals surface area (Å²) in [5.74, 6) is 0.772. The molecule has 0 aromatic rings. The first kappa shape index (κ1) is 11.0. The molecule has 1 aliphatic rings. The highest BCUT2D eigenvalue weighted by atomic mass is 16.3. The van der Waals surface area contributed by atoms with Crippen LogP contribution in [0.1, 0.15) is 46.5 Å². The third-order valence-corrected chi connectivity index (χ3v) is 3.87. The summed E-state index contributed by atoms with van der Waals surface area (Å²) < 4.78 is 0. The number of nitrogens with two attached hydrogens (primary N) is 1. The third-order valence-electron chi connectivity index (χ3n) is 3.87. The number of hydrogen-bond acceptors (Lipinski definition) is 2. The smallest absolute Gasteiger partial charge is 0.0710 e. The molecule has 0 spiro atoms. The maximum Gasteiger partial charge on any atom is 0.0710 e. The second-order valence-corrected chi connectivity index (χ2v) is 5.30. The Kier molecular flexibility index (Phi) is 3.03. The molecule has 0 saturated heterocycles. The van der Waals surface area contributed by atoms with Crippen LogP contribution in [-0.4, -0.2) is 17.3 Å². The van der Waals surface area contributed by atoms with Gasteiger partial charge < -0.3 is 10.8 Å². The quantitative estimate of drug-likeness (QED) is 0.690. The third kappa shape index (κ3) is 2.05. The molecule has 2 nitrogen and oxygen atoms in total. The molecule has 0 aromatic heterocycles. The van der Waals surface area contributed by atoms with E-state index in [2.05, 4.69) is 20.8 Å². The zero-order chi connectivity index (χ0) is 10.1. The van der Waals surface area contributed by atoms with E-state index >= 15 is 0 Å². The highest BCUT2D eigenvalue weighted by molar-refractivity contribution is 4.96. The predicted molar refractivity (Wildman–Crippen MR) is 55.4 cm³/mol. The molecule has 1 saturated carbocycles. The van der Waals surface area contributed by atoms with Crippen molar-refractivity contribution in [3.8, 4) is 0 Å². The molecule has 0 heterocycles. The average Bonchev–Trinajstić information content (AvgIpc) is 2.10. The van der Waals surface area contributed by atoms with Crippen molar-refractivity contribution in [2.75, 3.05) is 6.54 Å². The van der Waals surface area contributed by atoms with E-state index in [-0.39, 0.29) is 5.41 Å². The zero-order valence-electron chi connectivity index (χ0n) is 9.14. The summed E-state index contributed by atoms with van der Waals surface area (Å²) in [5.41, 5.74) is 5.05. The van der Waals surface area contributed by atoms with Crippen LogP contribution in [0.4, 0.5) is 0 Å². The van der Waals surface area contributed by atoms with E-state index in [0.29, 0.717) is 6.54 Å². The first-order valence-electron chi connectivity index (χ1n) is 5.34. The van der Waals surface area contributed by atoms with Crippen molar-refractivity contribution in [1.29, 1.82) is 0 Å². The van der Waals surface area contributed by atoms with E-state index in [0.717, 1.165) is 31.6 Å². The van der Waals surface area contributed by atoms with Crippen molar-refractivity contribution < 1.29 is 5.11 Å². The van der Waals surface area contributed by atoms with Crippen molar-refractivity contribution in [3.05, 3.63) is 0 Å². The molecule has 0 atom stereocenters. The van der Waals surface area contributed by atoms with Gasteiger partial charge in [-0.3, -0.25) is 0 Å². The Balaban J connectivity index is 2.66. The van der Waals surface area contributed by atoms with E-state index in [4.69, 9.17) is 5.73 Å². The number of hydrogen-bond donors (Lipinski definition) is 2. The number of aliphatic hydroxyl groups is 1.